The monoisotopic (exact) mass is 247 g/mol. The van der Waals surface area contributed by atoms with Gasteiger partial charge in [0.2, 0.25) is 5.91 Å². The fourth-order valence-electron chi connectivity index (χ4n) is 2.25. The SMILES string of the molecule is CN1CCN(C(=O)CC(C)(C)N)c2ccccc21. The Bertz CT molecular complexity index is 451. The second-order valence-corrected chi connectivity index (χ2v) is 5.62. The number of amides is 1. The minimum absolute atomic E-state index is 0.100. The first-order valence-corrected chi connectivity index (χ1v) is 6.28. The molecule has 0 aliphatic carbocycles. The maximum atomic E-state index is 12.3. The summed E-state index contributed by atoms with van der Waals surface area (Å²) in [7, 11) is 2.05. The number of nitrogens with two attached hydrogens (primary N) is 1. The summed E-state index contributed by atoms with van der Waals surface area (Å²) in [5.74, 6) is 0.100. The Hall–Kier alpha value is -1.55. The summed E-state index contributed by atoms with van der Waals surface area (Å²) in [6.45, 7) is 5.34. The number of hydrogen-bond acceptors (Lipinski definition) is 3. The van der Waals surface area contributed by atoms with Gasteiger partial charge in [0.15, 0.2) is 0 Å². The topological polar surface area (TPSA) is 49.6 Å². The van der Waals surface area contributed by atoms with Crippen molar-refractivity contribution in [2.75, 3.05) is 29.9 Å². The predicted molar refractivity (Wildman–Crippen MR) is 74.9 cm³/mol. The van der Waals surface area contributed by atoms with Crippen LogP contribution in [0.15, 0.2) is 24.3 Å². The van der Waals surface area contributed by atoms with E-state index in [9.17, 15) is 4.79 Å². The molecule has 0 saturated heterocycles. The molecular formula is C14H21N3O. The number of anilines is 2. The molecule has 0 saturated carbocycles. The van der Waals surface area contributed by atoms with Crippen LogP contribution in [0.25, 0.3) is 0 Å². The minimum Gasteiger partial charge on any atom is -0.371 e. The van der Waals surface area contributed by atoms with Gasteiger partial charge in [-0.3, -0.25) is 4.79 Å². The number of nitrogens with zero attached hydrogens (tertiary/aromatic N) is 2. The third kappa shape index (κ3) is 2.64. The quantitative estimate of drug-likeness (QED) is 0.863. The molecule has 1 amide bonds. The zero-order valence-corrected chi connectivity index (χ0v) is 11.3. The minimum atomic E-state index is -0.463. The second kappa shape index (κ2) is 4.61. The van der Waals surface area contributed by atoms with Crippen molar-refractivity contribution in [3.05, 3.63) is 24.3 Å². The summed E-state index contributed by atoms with van der Waals surface area (Å²) >= 11 is 0. The van der Waals surface area contributed by atoms with Crippen LogP contribution in [-0.4, -0.2) is 31.6 Å². The molecule has 2 rings (SSSR count). The lowest BCUT2D eigenvalue weighted by Gasteiger charge is -2.36. The first kappa shape index (κ1) is 12.9. The average Bonchev–Trinajstić information content (AvgIpc) is 2.27. The van der Waals surface area contributed by atoms with Crippen LogP contribution in [0, 0.1) is 0 Å². The van der Waals surface area contributed by atoms with Gasteiger partial charge in [-0.2, -0.15) is 0 Å². The molecule has 1 aliphatic rings. The van der Waals surface area contributed by atoms with Gasteiger partial charge in [-0.15, -0.1) is 0 Å². The largest absolute Gasteiger partial charge is 0.371 e. The first-order chi connectivity index (χ1) is 8.38. The molecule has 0 spiro atoms. The summed E-state index contributed by atoms with van der Waals surface area (Å²) in [5.41, 5.74) is 7.56. The number of hydrogen-bond donors (Lipinski definition) is 1. The molecule has 0 atom stereocenters. The third-order valence-corrected chi connectivity index (χ3v) is 3.15. The van der Waals surface area contributed by atoms with Crippen molar-refractivity contribution in [3.8, 4) is 0 Å². The van der Waals surface area contributed by atoms with E-state index in [4.69, 9.17) is 5.73 Å². The normalized spacial score (nSPS) is 15.6. The van der Waals surface area contributed by atoms with E-state index in [-0.39, 0.29) is 5.91 Å². The van der Waals surface area contributed by atoms with Crippen molar-refractivity contribution >= 4 is 17.3 Å². The summed E-state index contributed by atoms with van der Waals surface area (Å²) in [6.07, 6.45) is 0.366. The van der Waals surface area contributed by atoms with E-state index in [1.165, 1.54) is 0 Å². The van der Waals surface area contributed by atoms with Crippen LogP contribution in [0.5, 0.6) is 0 Å². The van der Waals surface area contributed by atoms with E-state index in [2.05, 4.69) is 4.90 Å². The van der Waals surface area contributed by atoms with Gasteiger partial charge < -0.3 is 15.5 Å². The molecule has 0 fully saturated rings. The number of likely N-dealkylation sites (N-methyl/N-ethyl adjacent to an activating group) is 1. The first-order valence-electron chi connectivity index (χ1n) is 6.28. The summed E-state index contributed by atoms with van der Waals surface area (Å²) in [5, 5.41) is 0. The molecule has 1 heterocycles. The highest BCUT2D eigenvalue weighted by molar-refractivity contribution is 5.98. The van der Waals surface area contributed by atoms with Crippen molar-refractivity contribution in [3.63, 3.8) is 0 Å². The molecular weight excluding hydrogens is 226 g/mol. The Morgan fingerprint density at radius 2 is 1.89 bits per heavy atom. The summed E-state index contributed by atoms with van der Waals surface area (Å²) in [4.78, 5) is 16.3. The molecule has 0 unspecified atom stereocenters. The third-order valence-electron chi connectivity index (χ3n) is 3.15. The molecule has 0 bridgehead atoms. The van der Waals surface area contributed by atoms with Gasteiger partial charge in [0, 0.05) is 32.1 Å². The van der Waals surface area contributed by atoms with E-state index < -0.39 is 5.54 Å². The number of fused-ring (bicyclic) bond motifs is 1. The van der Waals surface area contributed by atoms with E-state index >= 15 is 0 Å². The van der Waals surface area contributed by atoms with Crippen molar-refractivity contribution < 1.29 is 4.79 Å². The predicted octanol–water partition coefficient (Wildman–Crippen LogP) is 1.60. The van der Waals surface area contributed by atoms with E-state index in [1.54, 1.807) is 0 Å². The highest BCUT2D eigenvalue weighted by Crippen LogP contribution is 2.32. The smallest absolute Gasteiger partial charge is 0.228 e. The van der Waals surface area contributed by atoms with Crippen LogP contribution in [0.4, 0.5) is 11.4 Å². The van der Waals surface area contributed by atoms with Crippen LogP contribution in [0.2, 0.25) is 0 Å². The van der Waals surface area contributed by atoms with Crippen LogP contribution in [0.1, 0.15) is 20.3 Å². The Labute approximate surface area is 108 Å². The molecule has 1 aromatic rings. The Balaban J connectivity index is 2.26. The van der Waals surface area contributed by atoms with Crippen molar-refractivity contribution in [2.45, 2.75) is 25.8 Å². The number of para-hydroxylation sites is 2. The fraction of sp³-hybridized carbons (Fsp3) is 0.500. The van der Waals surface area contributed by atoms with Gasteiger partial charge in [-0.25, -0.2) is 0 Å². The lowest BCUT2D eigenvalue weighted by molar-refractivity contribution is -0.119. The number of carbonyl (C=O) groups is 1. The lowest BCUT2D eigenvalue weighted by atomic mass is 10.0. The molecule has 1 aromatic carbocycles. The van der Waals surface area contributed by atoms with Gasteiger partial charge in [0.1, 0.15) is 0 Å². The maximum absolute atomic E-state index is 12.3. The number of rotatable bonds is 2. The van der Waals surface area contributed by atoms with Gasteiger partial charge in [-0.1, -0.05) is 12.1 Å². The number of carbonyl (C=O) groups excluding carboxylic acids is 1. The molecule has 0 aromatic heterocycles. The molecule has 98 valence electrons. The van der Waals surface area contributed by atoms with Gasteiger partial charge >= 0.3 is 0 Å². The van der Waals surface area contributed by atoms with Crippen LogP contribution in [0.3, 0.4) is 0 Å². The van der Waals surface area contributed by atoms with E-state index in [1.807, 2.05) is 50.1 Å². The second-order valence-electron chi connectivity index (χ2n) is 5.62. The van der Waals surface area contributed by atoms with Gasteiger partial charge in [0.25, 0.3) is 0 Å². The van der Waals surface area contributed by atoms with Crippen molar-refractivity contribution in [2.24, 2.45) is 5.73 Å². The molecule has 1 aliphatic heterocycles. The van der Waals surface area contributed by atoms with Crippen LogP contribution in [-0.2, 0) is 4.79 Å². The fourth-order valence-corrected chi connectivity index (χ4v) is 2.25. The van der Waals surface area contributed by atoms with Crippen molar-refractivity contribution in [1.29, 1.82) is 0 Å². The average molecular weight is 247 g/mol. The van der Waals surface area contributed by atoms with E-state index in [0.717, 1.165) is 24.5 Å². The molecule has 4 nitrogen and oxygen atoms in total. The van der Waals surface area contributed by atoms with Crippen molar-refractivity contribution in [1.82, 2.24) is 0 Å². The standard InChI is InChI=1S/C14H21N3O/c1-14(2,15)10-13(18)17-9-8-16(3)11-6-4-5-7-12(11)17/h4-7H,8-10,15H2,1-3H3. The Morgan fingerprint density at radius 1 is 1.28 bits per heavy atom. The highest BCUT2D eigenvalue weighted by Gasteiger charge is 2.27. The zero-order valence-electron chi connectivity index (χ0n) is 11.3. The Morgan fingerprint density at radius 3 is 2.50 bits per heavy atom. The lowest BCUT2D eigenvalue weighted by Crippen LogP contribution is -2.46. The molecule has 0 radical (unpaired) electrons. The van der Waals surface area contributed by atoms with Crippen LogP contribution < -0.4 is 15.5 Å². The molecule has 4 heteroatoms. The molecule has 18 heavy (non-hydrogen) atoms. The Kier molecular flexibility index (Phi) is 3.30. The van der Waals surface area contributed by atoms with Gasteiger partial charge in [-0.05, 0) is 26.0 Å². The van der Waals surface area contributed by atoms with E-state index in [0.29, 0.717) is 6.42 Å². The van der Waals surface area contributed by atoms with Gasteiger partial charge in [0.05, 0.1) is 11.4 Å². The molecule has 2 N–H and O–H groups in total. The maximum Gasteiger partial charge on any atom is 0.228 e. The van der Waals surface area contributed by atoms with Crippen LogP contribution >= 0.6 is 0 Å². The summed E-state index contributed by atoms with van der Waals surface area (Å²) < 4.78 is 0. The number of benzene rings is 1. The highest BCUT2D eigenvalue weighted by atomic mass is 16.2. The summed E-state index contributed by atoms with van der Waals surface area (Å²) in [6, 6.07) is 8.00. The zero-order chi connectivity index (χ0) is 13.3.